The molecule has 0 amide bonds. The topological polar surface area (TPSA) is 40.5 Å². The number of benzene rings is 2. The summed E-state index contributed by atoms with van der Waals surface area (Å²) in [6.45, 7) is 11.6. The maximum atomic E-state index is 10.2. The number of halogens is 2. The first-order valence-corrected chi connectivity index (χ1v) is 11.0. The van der Waals surface area contributed by atoms with Crippen molar-refractivity contribution in [1.82, 2.24) is 0 Å². The van der Waals surface area contributed by atoms with Crippen molar-refractivity contribution >= 4 is 31.9 Å². The smallest absolute Gasteiger partial charge is 0.0757 e. The lowest BCUT2D eigenvalue weighted by Gasteiger charge is -2.29. The molecule has 2 aromatic rings. The van der Waals surface area contributed by atoms with Crippen molar-refractivity contribution in [2.75, 3.05) is 0 Å². The molecule has 0 spiro atoms. The van der Waals surface area contributed by atoms with Crippen LogP contribution in [0.5, 0.6) is 0 Å². The second kappa shape index (κ2) is 7.98. The van der Waals surface area contributed by atoms with Gasteiger partial charge in [0.15, 0.2) is 0 Å². The Labute approximate surface area is 180 Å². The zero-order valence-corrected chi connectivity index (χ0v) is 20.1. The van der Waals surface area contributed by atoms with Crippen LogP contribution in [-0.4, -0.2) is 21.4 Å². The van der Waals surface area contributed by atoms with Crippen LogP contribution in [0.2, 0.25) is 0 Å². The quantitative estimate of drug-likeness (QED) is 0.451. The highest BCUT2D eigenvalue weighted by Crippen LogP contribution is 2.38. The van der Waals surface area contributed by atoms with Gasteiger partial charge in [0, 0.05) is 5.41 Å². The summed E-state index contributed by atoms with van der Waals surface area (Å²) in [5.74, 6) is 0. The van der Waals surface area contributed by atoms with E-state index in [9.17, 15) is 10.2 Å². The number of rotatable bonds is 6. The Morgan fingerprint density at radius 3 is 1.07 bits per heavy atom. The first-order chi connectivity index (χ1) is 12.2. The van der Waals surface area contributed by atoms with Gasteiger partial charge in [-0.2, -0.15) is 0 Å². The highest BCUT2D eigenvalue weighted by molar-refractivity contribution is 9.09. The van der Waals surface area contributed by atoms with E-state index in [1.165, 1.54) is 11.1 Å². The van der Waals surface area contributed by atoms with Crippen molar-refractivity contribution in [2.45, 2.75) is 67.8 Å². The standard InChI is InChI=1S/C23H30Br2O2/c1-21(2,17-11-7-15(8-12-17)19(24)22(3,4)26)18-13-9-16(10-14-18)20(25)23(5,6)27/h7-14,19-20,26-27H,1-6H3. The number of hydrogen-bond acceptors (Lipinski definition) is 2. The van der Waals surface area contributed by atoms with E-state index in [-0.39, 0.29) is 15.1 Å². The van der Waals surface area contributed by atoms with Gasteiger partial charge in [-0.3, -0.25) is 0 Å². The summed E-state index contributed by atoms with van der Waals surface area (Å²) in [6.07, 6.45) is 0. The minimum atomic E-state index is -0.820. The predicted octanol–water partition coefficient (Wildman–Crippen LogP) is 6.43. The molecule has 2 unspecified atom stereocenters. The monoisotopic (exact) mass is 496 g/mol. The van der Waals surface area contributed by atoms with Crippen LogP contribution in [0, 0.1) is 0 Å². The molecule has 0 bridgehead atoms. The first kappa shape index (κ1) is 22.6. The Morgan fingerprint density at radius 2 is 0.852 bits per heavy atom. The number of alkyl halides is 2. The van der Waals surface area contributed by atoms with Gasteiger partial charge in [0.25, 0.3) is 0 Å². The fraction of sp³-hybridized carbons (Fsp3) is 0.478. The van der Waals surface area contributed by atoms with Gasteiger partial charge in [0.1, 0.15) is 0 Å². The maximum Gasteiger partial charge on any atom is 0.0757 e. The normalized spacial score (nSPS) is 15.5. The number of aliphatic hydroxyl groups is 2. The second-order valence-corrected chi connectivity index (χ2v) is 10.7. The molecule has 2 aromatic carbocycles. The molecule has 0 saturated heterocycles. The third kappa shape index (κ3) is 5.23. The van der Waals surface area contributed by atoms with E-state index in [1.54, 1.807) is 27.7 Å². The summed E-state index contributed by atoms with van der Waals surface area (Å²) in [5.41, 5.74) is 2.76. The molecule has 0 aromatic heterocycles. The molecule has 2 N–H and O–H groups in total. The molecule has 27 heavy (non-hydrogen) atoms. The molecule has 4 heteroatoms. The third-order valence-electron chi connectivity index (χ3n) is 5.09. The molecule has 0 heterocycles. The zero-order chi connectivity index (χ0) is 20.6. The van der Waals surface area contributed by atoms with Gasteiger partial charge in [-0.1, -0.05) is 94.2 Å². The lowest BCUT2D eigenvalue weighted by atomic mass is 9.77. The van der Waals surface area contributed by atoms with E-state index in [1.807, 2.05) is 0 Å². The van der Waals surface area contributed by atoms with Gasteiger partial charge in [0.05, 0.1) is 20.9 Å². The lowest BCUT2D eigenvalue weighted by Crippen LogP contribution is -2.25. The minimum absolute atomic E-state index is 0.112. The summed E-state index contributed by atoms with van der Waals surface area (Å²) in [7, 11) is 0. The van der Waals surface area contributed by atoms with Gasteiger partial charge >= 0.3 is 0 Å². The molecule has 148 valence electrons. The van der Waals surface area contributed by atoms with Crippen LogP contribution in [0.25, 0.3) is 0 Å². The molecule has 2 rings (SSSR count). The molecule has 0 aliphatic rings. The molecular formula is C23H30Br2O2. The van der Waals surface area contributed by atoms with E-state index in [0.29, 0.717) is 0 Å². The van der Waals surface area contributed by atoms with Crippen LogP contribution in [0.3, 0.4) is 0 Å². The fourth-order valence-electron chi connectivity index (χ4n) is 3.12. The van der Waals surface area contributed by atoms with Crippen LogP contribution in [0.1, 0.15) is 73.5 Å². The van der Waals surface area contributed by atoms with E-state index in [2.05, 4.69) is 94.2 Å². The predicted molar refractivity (Wildman–Crippen MR) is 121 cm³/mol. The van der Waals surface area contributed by atoms with Gasteiger partial charge < -0.3 is 10.2 Å². The summed E-state index contributed by atoms with van der Waals surface area (Å²) >= 11 is 7.18. The van der Waals surface area contributed by atoms with Gasteiger partial charge in [-0.25, -0.2) is 0 Å². The van der Waals surface area contributed by atoms with Crippen molar-refractivity contribution in [3.8, 4) is 0 Å². The highest BCUT2D eigenvalue weighted by Gasteiger charge is 2.29. The Morgan fingerprint density at radius 1 is 0.593 bits per heavy atom. The minimum Gasteiger partial charge on any atom is -0.389 e. The van der Waals surface area contributed by atoms with E-state index < -0.39 is 11.2 Å². The van der Waals surface area contributed by atoms with Crippen molar-refractivity contribution in [3.63, 3.8) is 0 Å². The van der Waals surface area contributed by atoms with Crippen molar-refractivity contribution in [1.29, 1.82) is 0 Å². The van der Waals surface area contributed by atoms with Gasteiger partial charge in [0.2, 0.25) is 0 Å². The van der Waals surface area contributed by atoms with E-state index in [0.717, 1.165) is 11.1 Å². The van der Waals surface area contributed by atoms with Crippen LogP contribution in [0.4, 0.5) is 0 Å². The van der Waals surface area contributed by atoms with E-state index >= 15 is 0 Å². The molecule has 0 saturated carbocycles. The zero-order valence-electron chi connectivity index (χ0n) is 16.9. The molecule has 2 atom stereocenters. The van der Waals surface area contributed by atoms with Gasteiger partial charge in [-0.15, -0.1) is 0 Å². The number of hydrogen-bond donors (Lipinski definition) is 2. The lowest BCUT2D eigenvalue weighted by molar-refractivity contribution is 0.0790. The van der Waals surface area contributed by atoms with Crippen molar-refractivity contribution < 1.29 is 10.2 Å². The van der Waals surface area contributed by atoms with Crippen LogP contribution >= 0.6 is 31.9 Å². The highest BCUT2D eigenvalue weighted by atomic mass is 79.9. The largest absolute Gasteiger partial charge is 0.389 e. The van der Waals surface area contributed by atoms with Crippen molar-refractivity contribution in [3.05, 3.63) is 70.8 Å². The Kier molecular flexibility index (Phi) is 6.68. The van der Waals surface area contributed by atoms with Crippen LogP contribution in [-0.2, 0) is 5.41 Å². The summed E-state index contributed by atoms with van der Waals surface area (Å²) in [4.78, 5) is -0.224. The molecule has 0 radical (unpaired) electrons. The Hall–Kier alpha value is -0.680. The fourth-order valence-corrected chi connectivity index (χ4v) is 3.73. The first-order valence-electron chi connectivity index (χ1n) is 9.18. The Bertz CT molecular complexity index is 685. The Balaban J connectivity index is 2.28. The second-order valence-electron chi connectivity index (χ2n) is 8.90. The van der Waals surface area contributed by atoms with Crippen LogP contribution in [0.15, 0.2) is 48.5 Å². The van der Waals surface area contributed by atoms with Crippen LogP contribution < -0.4 is 0 Å². The van der Waals surface area contributed by atoms with E-state index in [4.69, 9.17) is 0 Å². The molecule has 0 aliphatic carbocycles. The van der Waals surface area contributed by atoms with Crippen molar-refractivity contribution in [2.24, 2.45) is 0 Å². The summed E-state index contributed by atoms with van der Waals surface area (Å²) in [5, 5.41) is 20.4. The molecular weight excluding hydrogens is 468 g/mol. The summed E-state index contributed by atoms with van der Waals surface area (Å²) in [6, 6.07) is 16.8. The average molecular weight is 498 g/mol. The maximum absolute atomic E-state index is 10.2. The SMILES string of the molecule is CC(C)(c1ccc(C(Br)C(C)(C)O)cc1)c1ccc(C(Br)C(C)(C)O)cc1. The summed E-state index contributed by atoms with van der Waals surface area (Å²) < 4.78 is 0. The molecule has 2 nitrogen and oxygen atoms in total. The third-order valence-corrected chi connectivity index (χ3v) is 8.39. The molecule has 0 aliphatic heterocycles. The van der Waals surface area contributed by atoms with Gasteiger partial charge in [-0.05, 0) is 49.9 Å². The molecule has 0 fully saturated rings. The average Bonchev–Trinajstić information content (AvgIpc) is 2.59.